The zero-order valence-electron chi connectivity index (χ0n) is 6.97. The lowest BCUT2D eigenvalue weighted by molar-refractivity contribution is 0.139. The molecule has 0 radical (unpaired) electrons. The fourth-order valence-corrected chi connectivity index (χ4v) is 0.373. The van der Waals surface area contributed by atoms with Crippen LogP contribution in [0.4, 0.5) is 0 Å². The average molecular weight is 153 g/mol. The van der Waals surface area contributed by atoms with Crippen LogP contribution in [-0.4, -0.2) is 12.5 Å². The van der Waals surface area contributed by atoms with Crippen LogP contribution in [0, 0.1) is 16.7 Å². The molecule has 0 aromatic heterocycles. The molecule has 0 rings (SSSR count). The topological polar surface area (TPSA) is 50.1 Å². The fraction of sp³-hybridized carbons (Fsp3) is 0.625. The van der Waals surface area contributed by atoms with Crippen LogP contribution in [0.5, 0.6) is 0 Å². The summed E-state index contributed by atoms with van der Waals surface area (Å²) in [6.45, 7) is 6.21. The summed E-state index contributed by atoms with van der Waals surface area (Å²) in [4.78, 5) is 9.94. The Balaban J connectivity index is 3.92. The van der Waals surface area contributed by atoms with Gasteiger partial charge in [-0.05, 0) is 5.41 Å². The number of carbonyl (C=O) groups excluding carboxylic acids is 1. The summed E-state index contributed by atoms with van der Waals surface area (Å²) >= 11 is 0. The van der Waals surface area contributed by atoms with E-state index in [1.54, 1.807) is 6.07 Å². The Morgan fingerprint density at radius 2 is 2.09 bits per heavy atom. The molecule has 0 fully saturated rings. The average Bonchev–Trinajstić information content (AvgIpc) is 1.88. The van der Waals surface area contributed by atoms with Crippen molar-refractivity contribution in [2.24, 2.45) is 5.41 Å². The van der Waals surface area contributed by atoms with Gasteiger partial charge in [0.1, 0.15) is 0 Å². The number of ether oxygens (including phenoxy) is 1. The molecule has 3 nitrogen and oxygen atoms in total. The summed E-state index contributed by atoms with van der Waals surface area (Å²) in [7, 11) is 0. The standard InChI is InChI=1S/C8H11NO2/c1-8(2,3)6-11-7(4-9)5-10/h6H2,1-3H3. The van der Waals surface area contributed by atoms with Crippen molar-refractivity contribution in [3.63, 3.8) is 0 Å². The SMILES string of the molecule is CC(C)(C)COC(=C=O)C#N. The van der Waals surface area contributed by atoms with Crippen LogP contribution < -0.4 is 0 Å². The molecule has 0 aromatic rings. The van der Waals surface area contributed by atoms with E-state index in [9.17, 15) is 4.79 Å². The Morgan fingerprint density at radius 1 is 1.55 bits per heavy atom. The number of allylic oxidation sites excluding steroid dienone is 1. The zero-order valence-corrected chi connectivity index (χ0v) is 6.97. The molecular weight excluding hydrogens is 142 g/mol. The van der Waals surface area contributed by atoms with E-state index < -0.39 is 0 Å². The summed E-state index contributed by atoms with van der Waals surface area (Å²) in [5.41, 5.74) is -0.0427. The molecular formula is C8H11NO2. The van der Waals surface area contributed by atoms with E-state index in [4.69, 9.17) is 10.00 Å². The van der Waals surface area contributed by atoms with Gasteiger partial charge in [-0.1, -0.05) is 20.8 Å². The Hall–Kier alpha value is -1.26. The van der Waals surface area contributed by atoms with Crippen LogP contribution in [0.3, 0.4) is 0 Å². The van der Waals surface area contributed by atoms with Gasteiger partial charge in [0.15, 0.2) is 12.0 Å². The molecule has 60 valence electrons. The van der Waals surface area contributed by atoms with Crippen LogP contribution in [0.25, 0.3) is 0 Å². The number of nitriles is 1. The Kier molecular flexibility index (Phi) is 3.36. The van der Waals surface area contributed by atoms with Gasteiger partial charge in [0.2, 0.25) is 0 Å². The molecule has 11 heavy (non-hydrogen) atoms. The third-order valence-corrected chi connectivity index (χ3v) is 0.844. The lowest BCUT2D eigenvalue weighted by Crippen LogP contribution is -2.14. The van der Waals surface area contributed by atoms with Gasteiger partial charge in [-0.3, -0.25) is 0 Å². The van der Waals surface area contributed by atoms with Crippen LogP contribution in [0.15, 0.2) is 5.76 Å². The van der Waals surface area contributed by atoms with Gasteiger partial charge >= 0.3 is 0 Å². The van der Waals surface area contributed by atoms with Gasteiger partial charge in [0.25, 0.3) is 5.76 Å². The third-order valence-electron chi connectivity index (χ3n) is 0.844. The molecule has 0 atom stereocenters. The first-order chi connectivity index (χ1) is 4.99. The lowest BCUT2D eigenvalue weighted by atomic mass is 9.99. The van der Waals surface area contributed by atoms with Crippen LogP contribution in [0.2, 0.25) is 0 Å². The maximum Gasteiger partial charge on any atom is 0.283 e. The predicted molar refractivity (Wildman–Crippen MR) is 40.2 cm³/mol. The molecule has 0 amide bonds. The van der Waals surface area contributed by atoms with Gasteiger partial charge in [-0.2, -0.15) is 5.26 Å². The van der Waals surface area contributed by atoms with E-state index in [2.05, 4.69) is 0 Å². The molecule has 0 bridgehead atoms. The molecule has 0 aliphatic heterocycles. The van der Waals surface area contributed by atoms with E-state index in [1.807, 2.05) is 20.8 Å². The summed E-state index contributed by atoms with van der Waals surface area (Å²) < 4.78 is 4.84. The van der Waals surface area contributed by atoms with Crippen molar-refractivity contribution in [2.45, 2.75) is 20.8 Å². The van der Waals surface area contributed by atoms with Crippen molar-refractivity contribution in [1.29, 1.82) is 5.26 Å². The molecule has 0 aliphatic carbocycles. The Bertz CT molecular complexity index is 213. The smallest absolute Gasteiger partial charge is 0.283 e. The van der Waals surface area contributed by atoms with Crippen molar-refractivity contribution in [3.8, 4) is 6.07 Å². The van der Waals surface area contributed by atoms with E-state index in [1.165, 1.54) is 5.94 Å². The molecule has 0 spiro atoms. The molecule has 0 heterocycles. The van der Waals surface area contributed by atoms with Crippen molar-refractivity contribution in [2.75, 3.05) is 6.61 Å². The van der Waals surface area contributed by atoms with Gasteiger partial charge < -0.3 is 4.74 Å². The zero-order chi connectivity index (χ0) is 8.91. The van der Waals surface area contributed by atoms with E-state index in [-0.39, 0.29) is 11.2 Å². The third kappa shape index (κ3) is 5.20. The highest BCUT2D eigenvalue weighted by molar-refractivity contribution is 5.55. The first-order valence-corrected chi connectivity index (χ1v) is 3.27. The minimum absolute atomic E-state index is 0.0427. The maximum absolute atomic E-state index is 9.94. The first kappa shape index (κ1) is 9.74. The summed E-state index contributed by atoms with van der Waals surface area (Å²) in [5, 5.41) is 8.25. The molecule has 0 saturated carbocycles. The number of rotatable bonds is 2. The summed E-state index contributed by atoms with van der Waals surface area (Å²) in [6, 6.07) is 1.60. The van der Waals surface area contributed by atoms with E-state index in [0.29, 0.717) is 6.61 Å². The monoisotopic (exact) mass is 153 g/mol. The minimum Gasteiger partial charge on any atom is -0.475 e. The predicted octanol–water partition coefficient (Wildman–Crippen LogP) is 1.29. The van der Waals surface area contributed by atoms with Crippen LogP contribution in [0.1, 0.15) is 20.8 Å². The van der Waals surface area contributed by atoms with E-state index >= 15 is 0 Å². The summed E-state index contributed by atoms with van der Waals surface area (Å²) in [6.07, 6.45) is 0. The molecule has 0 aromatic carbocycles. The number of hydrogen-bond acceptors (Lipinski definition) is 3. The Morgan fingerprint density at radius 3 is 2.36 bits per heavy atom. The van der Waals surface area contributed by atoms with Gasteiger partial charge in [-0.25, -0.2) is 4.79 Å². The quantitative estimate of drug-likeness (QED) is 0.341. The van der Waals surface area contributed by atoms with Crippen molar-refractivity contribution >= 4 is 5.94 Å². The highest BCUT2D eigenvalue weighted by Gasteiger charge is 2.11. The van der Waals surface area contributed by atoms with Gasteiger partial charge in [0.05, 0.1) is 6.61 Å². The highest BCUT2D eigenvalue weighted by atomic mass is 16.5. The molecule has 0 aliphatic rings. The van der Waals surface area contributed by atoms with Gasteiger partial charge in [-0.15, -0.1) is 0 Å². The second kappa shape index (κ2) is 3.80. The number of hydrogen-bond donors (Lipinski definition) is 0. The largest absolute Gasteiger partial charge is 0.475 e. The second-order valence-corrected chi connectivity index (χ2v) is 3.39. The normalized spacial score (nSPS) is 9.64. The molecule has 0 N–H and O–H groups in total. The molecule has 0 unspecified atom stereocenters. The van der Waals surface area contributed by atoms with Crippen molar-refractivity contribution < 1.29 is 9.53 Å². The second-order valence-electron chi connectivity index (χ2n) is 3.39. The van der Waals surface area contributed by atoms with Crippen molar-refractivity contribution in [3.05, 3.63) is 5.76 Å². The first-order valence-electron chi connectivity index (χ1n) is 3.27. The van der Waals surface area contributed by atoms with Gasteiger partial charge in [0, 0.05) is 0 Å². The lowest BCUT2D eigenvalue weighted by Gasteiger charge is -2.16. The fourth-order valence-electron chi connectivity index (χ4n) is 0.373. The minimum atomic E-state index is -0.278. The van der Waals surface area contributed by atoms with Crippen LogP contribution in [-0.2, 0) is 9.53 Å². The summed E-state index contributed by atoms with van der Waals surface area (Å²) in [5.74, 6) is 1.13. The highest BCUT2D eigenvalue weighted by Crippen LogP contribution is 2.13. The molecule has 0 saturated heterocycles. The maximum atomic E-state index is 9.94. The molecule has 3 heteroatoms. The van der Waals surface area contributed by atoms with E-state index in [0.717, 1.165) is 0 Å². The van der Waals surface area contributed by atoms with Crippen molar-refractivity contribution in [1.82, 2.24) is 0 Å². The Labute approximate surface area is 66.3 Å². The van der Waals surface area contributed by atoms with Crippen LogP contribution >= 0.6 is 0 Å². The number of nitrogens with zero attached hydrogens (tertiary/aromatic N) is 1.